The lowest BCUT2D eigenvalue weighted by Crippen LogP contribution is -2.52. The fraction of sp³-hybridized carbons (Fsp3) is 0.429. The molecule has 2 unspecified atom stereocenters. The van der Waals surface area contributed by atoms with Crippen molar-refractivity contribution in [3.05, 3.63) is 35.9 Å². The lowest BCUT2D eigenvalue weighted by atomic mass is 10.1. The van der Waals surface area contributed by atoms with Crippen molar-refractivity contribution in [1.29, 1.82) is 0 Å². The molecule has 1 aromatic carbocycles. The molecule has 20 heavy (non-hydrogen) atoms. The minimum absolute atomic E-state index is 0.179. The monoisotopic (exact) mass is 279 g/mol. The molecule has 2 atom stereocenters. The van der Waals surface area contributed by atoms with E-state index in [0.717, 1.165) is 5.56 Å². The van der Waals surface area contributed by atoms with Crippen LogP contribution in [0.1, 0.15) is 12.5 Å². The maximum Gasteiger partial charge on any atom is 0.326 e. The van der Waals surface area contributed by atoms with E-state index < -0.39 is 18.0 Å². The molecule has 110 valence electrons. The van der Waals surface area contributed by atoms with Gasteiger partial charge in [0, 0.05) is 13.5 Å². The molecule has 3 N–H and O–H groups in total. The van der Waals surface area contributed by atoms with E-state index in [1.165, 1.54) is 4.90 Å². The van der Waals surface area contributed by atoms with Crippen molar-refractivity contribution in [3.8, 4) is 0 Å². The van der Waals surface area contributed by atoms with Crippen LogP contribution >= 0.6 is 0 Å². The van der Waals surface area contributed by atoms with Crippen LogP contribution in [-0.4, -0.2) is 48.3 Å². The third kappa shape index (κ3) is 4.55. The number of carboxylic acid groups (broad SMARTS) is 1. The fourth-order valence-electron chi connectivity index (χ4n) is 1.67. The number of carboxylic acids is 1. The quantitative estimate of drug-likeness (QED) is 0.675. The Morgan fingerprint density at radius 1 is 1.30 bits per heavy atom. The molecule has 0 bridgehead atoms. The Morgan fingerprint density at radius 2 is 1.90 bits per heavy atom. The summed E-state index contributed by atoms with van der Waals surface area (Å²) in [6, 6.07) is 7.84. The molecule has 1 rings (SSSR count). The minimum Gasteiger partial charge on any atom is -0.480 e. The van der Waals surface area contributed by atoms with Crippen molar-refractivity contribution >= 4 is 12.0 Å². The molecule has 0 saturated heterocycles. The molecule has 6 heteroatoms. The van der Waals surface area contributed by atoms with E-state index in [9.17, 15) is 14.7 Å². The maximum absolute atomic E-state index is 12.0. The molecular weight excluding hydrogens is 258 g/mol. The fourth-order valence-corrected chi connectivity index (χ4v) is 1.67. The number of carbonyl (C=O) groups is 2. The van der Waals surface area contributed by atoms with E-state index in [0.29, 0.717) is 0 Å². The second-order valence-electron chi connectivity index (χ2n) is 4.61. The minimum atomic E-state index is -1.05. The second kappa shape index (κ2) is 7.49. The Labute approximate surface area is 118 Å². The first kappa shape index (κ1) is 16.0. The molecule has 6 nitrogen and oxygen atoms in total. The van der Waals surface area contributed by atoms with Gasteiger partial charge in [-0.3, -0.25) is 0 Å². The molecule has 0 spiro atoms. The summed E-state index contributed by atoms with van der Waals surface area (Å²) in [7, 11) is 3.34. The number of amides is 2. The number of urea groups is 1. The summed E-state index contributed by atoms with van der Waals surface area (Å²) < 4.78 is 0. The van der Waals surface area contributed by atoms with Gasteiger partial charge < -0.3 is 20.6 Å². The predicted molar refractivity (Wildman–Crippen MR) is 76.4 cm³/mol. The average Bonchev–Trinajstić information content (AvgIpc) is 2.45. The molecule has 0 fully saturated rings. The molecular formula is C14H21N3O3. The van der Waals surface area contributed by atoms with Crippen LogP contribution in [-0.2, 0) is 11.2 Å². The van der Waals surface area contributed by atoms with Crippen molar-refractivity contribution in [2.45, 2.75) is 25.6 Å². The van der Waals surface area contributed by atoms with Crippen LogP contribution in [0, 0.1) is 0 Å². The number of benzene rings is 1. The summed E-state index contributed by atoms with van der Waals surface area (Å²) in [6.45, 7) is 1.81. The molecule has 0 aliphatic heterocycles. The number of nitrogens with one attached hydrogen (secondary N) is 2. The Morgan fingerprint density at radius 3 is 2.40 bits per heavy atom. The van der Waals surface area contributed by atoms with Crippen LogP contribution in [0.3, 0.4) is 0 Å². The first-order valence-electron chi connectivity index (χ1n) is 6.43. The van der Waals surface area contributed by atoms with Gasteiger partial charge in [-0.05, 0) is 19.5 Å². The molecule has 0 aromatic heterocycles. The van der Waals surface area contributed by atoms with Crippen molar-refractivity contribution in [3.63, 3.8) is 0 Å². The van der Waals surface area contributed by atoms with Gasteiger partial charge >= 0.3 is 12.0 Å². The first-order chi connectivity index (χ1) is 9.45. The van der Waals surface area contributed by atoms with Crippen molar-refractivity contribution in [1.82, 2.24) is 15.5 Å². The van der Waals surface area contributed by atoms with E-state index in [4.69, 9.17) is 0 Å². The predicted octanol–water partition coefficient (Wildman–Crippen LogP) is 0.889. The van der Waals surface area contributed by atoms with Gasteiger partial charge in [-0.2, -0.15) is 0 Å². The van der Waals surface area contributed by atoms with E-state index in [1.807, 2.05) is 37.3 Å². The van der Waals surface area contributed by atoms with Gasteiger partial charge in [0.2, 0.25) is 0 Å². The number of aliphatic carboxylic acids is 1. The van der Waals surface area contributed by atoms with Crippen molar-refractivity contribution < 1.29 is 14.7 Å². The molecule has 0 aliphatic rings. The van der Waals surface area contributed by atoms with Crippen LogP contribution in [0.15, 0.2) is 30.3 Å². The van der Waals surface area contributed by atoms with Gasteiger partial charge in [-0.1, -0.05) is 30.3 Å². The summed E-state index contributed by atoms with van der Waals surface area (Å²) in [4.78, 5) is 24.6. The Kier molecular flexibility index (Phi) is 5.99. The summed E-state index contributed by atoms with van der Waals surface area (Å²) in [5, 5.41) is 14.7. The van der Waals surface area contributed by atoms with Gasteiger partial charge in [0.1, 0.15) is 6.04 Å². The number of carbonyl (C=O) groups excluding carboxylic acids is 1. The lowest BCUT2D eigenvalue weighted by molar-refractivity contribution is -0.139. The second-order valence-corrected chi connectivity index (χ2v) is 4.61. The van der Waals surface area contributed by atoms with Crippen molar-refractivity contribution in [2.24, 2.45) is 0 Å². The Balaban J connectivity index is 2.68. The molecule has 2 amide bonds. The number of rotatable bonds is 6. The third-order valence-electron chi connectivity index (χ3n) is 3.20. The first-order valence-corrected chi connectivity index (χ1v) is 6.43. The highest BCUT2D eigenvalue weighted by Gasteiger charge is 2.23. The van der Waals surface area contributed by atoms with Gasteiger partial charge in [0.15, 0.2) is 0 Å². The van der Waals surface area contributed by atoms with Gasteiger partial charge in [-0.25, -0.2) is 9.59 Å². The molecule has 0 heterocycles. The molecule has 1 aromatic rings. The zero-order chi connectivity index (χ0) is 15.1. The topological polar surface area (TPSA) is 81.7 Å². The maximum atomic E-state index is 12.0. The van der Waals surface area contributed by atoms with Gasteiger partial charge in [0.05, 0.1) is 6.17 Å². The summed E-state index contributed by atoms with van der Waals surface area (Å²) in [5.41, 5.74) is 0.865. The summed E-state index contributed by atoms with van der Waals surface area (Å²) in [6.07, 6.45) is 0.0742. The zero-order valence-corrected chi connectivity index (χ0v) is 12.0. The largest absolute Gasteiger partial charge is 0.480 e. The van der Waals surface area contributed by atoms with Crippen molar-refractivity contribution in [2.75, 3.05) is 14.1 Å². The highest BCUT2D eigenvalue weighted by molar-refractivity contribution is 5.82. The smallest absolute Gasteiger partial charge is 0.326 e. The van der Waals surface area contributed by atoms with Crippen LogP contribution < -0.4 is 10.6 Å². The number of hydrogen-bond donors (Lipinski definition) is 3. The number of nitrogens with zero attached hydrogens (tertiary/aromatic N) is 1. The van der Waals surface area contributed by atoms with E-state index in [1.54, 1.807) is 14.1 Å². The summed E-state index contributed by atoms with van der Waals surface area (Å²) >= 11 is 0. The lowest BCUT2D eigenvalue weighted by Gasteiger charge is -2.26. The van der Waals surface area contributed by atoms with Gasteiger partial charge in [0.25, 0.3) is 0 Å². The van der Waals surface area contributed by atoms with Crippen LogP contribution in [0.4, 0.5) is 4.79 Å². The SMILES string of the molecule is CNC(C)N(C)C(=O)NC(Cc1ccccc1)C(=O)O. The normalized spacial score (nSPS) is 13.3. The van der Waals surface area contributed by atoms with E-state index >= 15 is 0 Å². The molecule has 0 aliphatic carbocycles. The molecule has 0 saturated carbocycles. The van der Waals surface area contributed by atoms with E-state index in [2.05, 4.69) is 10.6 Å². The zero-order valence-electron chi connectivity index (χ0n) is 12.0. The van der Waals surface area contributed by atoms with Crippen LogP contribution in [0.5, 0.6) is 0 Å². The third-order valence-corrected chi connectivity index (χ3v) is 3.20. The highest BCUT2D eigenvalue weighted by atomic mass is 16.4. The van der Waals surface area contributed by atoms with E-state index in [-0.39, 0.29) is 12.6 Å². The number of hydrogen-bond acceptors (Lipinski definition) is 3. The Hall–Kier alpha value is -2.08. The average molecular weight is 279 g/mol. The molecule has 0 radical (unpaired) electrons. The highest BCUT2D eigenvalue weighted by Crippen LogP contribution is 2.04. The summed E-state index contributed by atoms with van der Waals surface area (Å²) in [5.74, 6) is -1.05. The van der Waals surface area contributed by atoms with Gasteiger partial charge in [-0.15, -0.1) is 0 Å². The standard InChI is InChI=1S/C14H21N3O3/c1-10(15-2)17(3)14(20)16-12(13(18)19)9-11-7-5-4-6-8-11/h4-8,10,12,15H,9H2,1-3H3,(H,16,20)(H,18,19). The van der Waals surface area contributed by atoms with Crippen LogP contribution in [0.2, 0.25) is 0 Å². The van der Waals surface area contributed by atoms with Crippen LogP contribution in [0.25, 0.3) is 0 Å². The Bertz CT molecular complexity index is 450.